The standard InChI is InChI=1S/C28H38ClN3O4S/c1-18(2)32(26(34)22(16-17-37-7)30-27(35)36-28(4,5)6)24(20-13-9-8-10-14-20)25(33)31-23-19(3)12-11-15-21(23)29/h8-15,18,22,24H,16-17H2,1-7H3,(H,30,35)(H,31,33). The van der Waals surface area contributed by atoms with Gasteiger partial charge in [0.05, 0.1) is 10.7 Å². The molecule has 0 fully saturated rings. The van der Waals surface area contributed by atoms with Gasteiger partial charge < -0.3 is 20.3 Å². The first kappa shape index (κ1) is 30.5. The fourth-order valence-electron chi connectivity index (χ4n) is 3.86. The summed E-state index contributed by atoms with van der Waals surface area (Å²) in [5.41, 5.74) is 1.23. The number of alkyl carbamates (subject to hydrolysis) is 1. The molecule has 0 aliphatic rings. The number of carbonyl (C=O) groups excluding carboxylic acids is 3. The number of aryl methyl sites for hydroxylation is 1. The maximum absolute atomic E-state index is 14.0. The second-order valence-electron chi connectivity index (χ2n) is 10.1. The quantitative estimate of drug-likeness (QED) is 0.369. The first-order valence-electron chi connectivity index (χ1n) is 12.3. The van der Waals surface area contributed by atoms with Crippen LogP contribution >= 0.6 is 23.4 Å². The lowest BCUT2D eigenvalue weighted by atomic mass is 10.0. The molecular formula is C28H38ClN3O4S. The SMILES string of the molecule is CSCCC(NC(=O)OC(C)(C)C)C(=O)N(C(C)C)C(C(=O)Nc1c(C)cccc1Cl)c1ccccc1. The van der Waals surface area contributed by atoms with E-state index in [2.05, 4.69) is 10.6 Å². The zero-order chi connectivity index (χ0) is 27.8. The number of thioether (sulfide) groups is 1. The van der Waals surface area contributed by atoms with Crippen molar-refractivity contribution in [3.8, 4) is 0 Å². The Kier molecular flexibility index (Phi) is 11.3. The lowest BCUT2D eigenvalue weighted by Crippen LogP contribution is -2.54. The smallest absolute Gasteiger partial charge is 0.408 e. The molecule has 0 aromatic heterocycles. The number of nitrogens with one attached hydrogen (secondary N) is 2. The van der Waals surface area contributed by atoms with E-state index >= 15 is 0 Å². The fourth-order valence-corrected chi connectivity index (χ4v) is 4.60. The van der Waals surface area contributed by atoms with E-state index in [1.807, 2.05) is 69.5 Å². The Bertz CT molecular complexity index is 1050. The Morgan fingerprint density at radius 1 is 1.05 bits per heavy atom. The van der Waals surface area contributed by atoms with Crippen LogP contribution in [0.5, 0.6) is 0 Å². The van der Waals surface area contributed by atoms with Gasteiger partial charge in [-0.3, -0.25) is 9.59 Å². The number of hydrogen-bond acceptors (Lipinski definition) is 5. The monoisotopic (exact) mass is 547 g/mol. The van der Waals surface area contributed by atoms with Crippen LogP contribution in [-0.4, -0.2) is 52.5 Å². The van der Waals surface area contributed by atoms with Gasteiger partial charge in [-0.25, -0.2) is 4.79 Å². The molecule has 0 aliphatic heterocycles. The van der Waals surface area contributed by atoms with Crippen LogP contribution in [0.1, 0.15) is 58.2 Å². The Hall–Kier alpha value is -2.71. The summed E-state index contributed by atoms with van der Waals surface area (Å²) in [7, 11) is 0. The molecule has 2 atom stereocenters. The largest absolute Gasteiger partial charge is 0.444 e. The molecule has 37 heavy (non-hydrogen) atoms. The van der Waals surface area contributed by atoms with Crippen molar-refractivity contribution < 1.29 is 19.1 Å². The summed E-state index contributed by atoms with van der Waals surface area (Å²) >= 11 is 7.95. The summed E-state index contributed by atoms with van der Waals surface area (Å²) < 4.78 is 5.41. The number of ether oxygens (including phenoxy) is 1. The summed E-state index contributed by atoms with van der Waals surface area (Å²) in [5, 5.41) is 6.09. The van der Waals surface area contributed by atoms with Gasteiger partial charge in [-0.05, 0) is 77.2 Å². The molecule has 2 aromatic carbocycles. The van der Waals surface area contributed by atoms with Crippen LogP contribution in [0.25, 0.3) is 0 Å². The van der Waals surface area contributed by atoms with E-state index in [1.165, 1.54) is 4.90 Å². The molecule has 0 saturated heterocycles. The molecular weight excluding hydrogens is 510 g/mol. The van der Waals surface area contributed by atoms with Gasteiger partial charge in [-0.2, -0.15) is 11.8 Å². The number of carbonyl (C=O) groups is 3. The minimum Gasteiger partial charge on any atom is -0.444 e. The maximum atomic E-state index is 14.0. The molecule has 3 amide bonds. The van der Waals surface area contributed by atoms with E-state index in [0.29, 0.717) is 28.4 Å². The van der Waals surface area contributed by atoms with Gasteiger partial charge >= 0.3 is 6.09 Å². The number of amides is 3. The van der Waals surface area contributed by atoms with Crippen LogP contribution in [0.2, 0.25) is 5.02 Å². The molecule has 2 rings (SSSR count). The van der Waals surface area contributed by atoms with Gasteiger partial charge in [-0.1, -0.05) is 54.1 Å². The molecule has 2 aromatic rings. The normalized spacial score (nSPS) is 13.0. The van der Waals surface area contributed by atoms with Gasteiger partial charge in [0.25, 0.3) is 5.91 Å². The summed E-state index contributed by atoms with van der Waals surface area (Å²) in [5.74, 6) is -0.126. The van der Waals surface area contributed by atoms with Crippen molar-refractivity contribution in [2.45, 2.75) is 71.7 Å². The molecule has 9 heteroatoms. The second kappa shape index (κ2) is 13.7. The molecule has 0 aliphatic carbocycles. The highest BCUT2D eigenvalue weighted by Gasteiger charge is 2.38. The third-order valence-corrected chi connectivity index (χ3v) is 6.48. The van der Waals surface area contributed by atoms with Crippen molar-refractivity contribution in [1.82, 2.24) is 10.2 Å². The van der Waals surface area contributed by atoms with E-state index in [-0.39, 0.29) is 11.9 Å². The fraction of sp³-hybridized carbons (Fsp3) is 0.464. The third-order valence-electron chi connectivity index (χ3n) is 5.52. The molecule has 0 bridgehead atoms. The molecule has 7 nitrogen and oxygen atoms in total. The Balaban J connectivity index is 2.49. The molecule has 2 N–H and O–H groups in total. The number of halogens is 1. The van der Waals surface area contributed by atoms with E-state index in [4.69, 9.17) is 16.3 Å². The predicted molar refractivity (Wildman–Crippen MR) is 152 cm³/mol. The molecule has 202 valence electrons. The van der Waals surface area contributed by atoms with E-state index in [9.17, 15) is 14.4 Å². The van der Waals surface area contributed by atoms with Gasteiger partial charge in [0.15, 0.2) is 0 Å². The molecule has 2 unspecified atom stereocenters. The molecule has 0 spiro atoms. The Labute approximate surface area is 229 Å². The van der Waals surface area contributed by atoms with Crippen molar-refractivity contribution >= 4 is 47.0 Å². The maximum Gasteiger partial charge on any atom is 0.408 e. The van der Waals surface area contributed by atoms with Crippen molar-refractivity contribution in [3.05, 3.63) is 64.7 Å². The van der Waals surface area contributed by atoms with Crippen LogP contribution in [0.3, 0.4) is 0 Å². The van der Waals surface area contributed by atoms with Crippen LogP contribution < -0.4 is 10.6 Å². The van der Waals surface area contributed by atoms with Gasteiger partial charge in [0, 0.05) is 6.04 Å². The predicted octanol–water partition coefficient (Wildman–Crippen LogP) is 6.21. The Morgan fingerprint density at radius 2 is 1.70 bits per heavy atom. The van der Waals surface area contributed by atoms with Crippen LogP contribution in [-0.2, 0) is 14.3 Å². The highest BCUT2D eigenvalue weighted by Crippen LogP contribution is 2.30. The summed E-state index contributed by atoms with van der Waals surface area (Å²) in [6.45, 7) is 10.8. The van der Waals surface area contributed by atoms with Crippen molar-refractivity contribution in [2.75, 3.05) is 17.3 Å². The zero-order valence-corrected chi connectivity index (χ0v) is 24.2. The first-order chi connectivity index (χ1) is 17.4. The Morgan fingerprint density at radius 3 is 2.24 bits per heavy atom. The molecule has 0 saturated carbocycles. The van der Waals surface area contributed by atoms with Gasteiger partial charge in [0.2, 0.25) is 5.91 Å². The van der Waals surface area contributed by atoms with Crippen molar-refractivity contribution in [2.24, 2.45) is 0 Å². The lowest BCUT2D eigenvalue weighted by molar-refractivity contribution is -0.143. The highest BCUT2D eigenvalue weighted by atomic mass is 35.5. The summed E-state index contributed by atoms with van der Waals surface area (Å²) in [6, 6.07) is 12.3. The minimum absolute atomic E-state index is 0.354. The van der Waals surface area contributed by atoms with E-state index in [0.717, 1.165) is 5.56 Å². The van der Waals surface area contributed by atoms with E-state index in [1.54, 1.807) is 38.6 Å². The molecule has 0 radical (unpaired) electrons. The third kappa shape index (κ3) is 8.97. The number of rotatable bonds is 10. The van der Waals surface area contributed by atoms with Crippen LogP contribution in [0.15, 0.2) is 48.5 Å². The number of benzene rings is 2. The number of hydrogen-bond donors (Lipinski definition) is 2. The van der Waals surface area contributed by atoms with Gasteiger partial charge in [0.1, 0.15) is 17.7 Å². The average molecular weight is 548 g/mol. The number of anilines is 1. The first-order valence-corrected chi connectivity index (χ1v) is 14.0. The zero-order valence-electron chi connectivity index (χ0n) is 22.6. The van der Waals surface area contributed by atoms with Crippen LogP contribution in [0, 0.1) is 6.92 Å². The number of nitrogens with zero attached hydrogens (tertiary/aromatic N) is 1. The second-order valence-corrected chi connectivity index (χ2v) is 11.4. The van der Waals surface area contributed by atoms with Crippen molar-refractivity contribution in [1.29, 1.82) is 0 Å². The lowest BCUT2D eigenvalue weighted by Gasteiger charge is -2.37. The highest BCUT2D eigenvalue weighted by molar-refractivity contribution is 7.98. The number of para-hydroxylation sites is 1. The molecule has 0 heterocycles. The van der Waals surface area contributed by atoms with E-state index < -0.39 is 29.7 Å². The average Bonchev–Trinajstić information content (AvgIpc) is 2.81. The topological polar surface area (TPSA) is 87.7 Å². The van der Waals surface area contributed by atoms with Gasteiger partial charge in [-0.15, -0.1) is 0 Å². The summed E-state index contributed by atoms with van der Waals surface area (Å²) in [6.07, 6.45) is 1.64. The minimum atomic E-state index is -0.957. The van der Waals surface area contributed by atoms with Crippen molar-refractivity contribution in [3.63, 3.8) is 0 Å². The summed E-state index contributed by atoms with van der Waals surface area (Å²) in [4.78, 5) is 42.0. The van der Waals surface area contributed by atoms with Crippen LogP contribution in [0.4, 0.5) is 10.5 Å².